The molecular formula is C4H13N4Si. The maximum atomic E-state index is 4.77. The molecule has 0 aromatic heterocycles. The summed E-state index contributed by atoms with van der Waals surface area (Å²) in [5, 5.41) is 0. The van der Waals surface area contributed by atoms with Crippen molar-refractivity contribution in [3.05, 3.63) is 0 Å². The Morgan fingerprint density at radius 1 is 1.33 bits per heavy atom. The van der Waals surface area contributed by atoms with Crippen LogP contribution in [0.4, 0.5) is 0 Å². The standard InChI is InChI=1S/C3H9N.CH4N3Si/c1-4(2)3;2-1(3)4-5/h1-3H3;(H4,2,3,4). The first-order chi connectivity index (χ1) is 4.00. The van der Waals surface area contributed by atoms with Gasteiger partial charge < -0.3 is 16.4 Å². The molecule has 0 rings (SSSR count). The van der Waals surface area contributed by atoms with Crippen molar-refractivity contribution in [3.63, 3.8) is 0 Å². The molecule has 5 heteroatoms. The van der Waals surface area contributed by atoms with E-state index in [-0.39, 0.29) is 5.96 Å². The van der Waals surface area contributed by atoms with Gasteiger partial charge in [-0.15, -0.1) is 0 Å². The van der Waals surface area contributed by atoms with Gasteiger partial charge in [0.1, 0.15) is 0 Å². The molecule has 0 atom stereocenters. The van der Waals surface area contributed by atoms with E-state index in [9.17, 15) is 0 Å². The highest BCUT2D eigenvalue weighted by atomic mass is 28.2. The molecule has 0 aliphatic carbocycles. The van der Waals surface area contributed by atoms with Crippen molar-refractivity contribution in [2.75, 3.05) is 21.1 Å². The topological polar surface area (TPSA) is 67.6 Å². The molecule has 9 heavy (non-hydrogen) atoms. The average Bonchev–Trinajstić information content (AvgIpc) is 1.65. The summed E-state index contributed by atoms with van der Waals surface area (Å²) in [4.78, 5) is 2.00. The Bertz CT molecular complexity index is 73.9. The largest absolute Gasteiger partial charge is 0.371 e. The molecule has 0 amide bonds. The molecule has 0 aliphatic rings. The minimum absolute atomic E-state index is 0.0432. The van der Waals surface area contributed by atoms with Crippen LogP contribution in [0.2, 0.25) is 0 Å². The second kappa shape index (κ2) is 7.45. The lowest BCUT2D eigenvalue weighted by molar-refractivity contribution is 0.505. The highest BCUT2D eigenvalue weighted by Crippen LogP contribution is 1.47. The number of hydrogen-bond acceptors (Lipinski definition) is 2. The van der Waals surface area contributed by atoms with Crippen molar-refractivity contribution in [2.24, 2.45) is 16.1 Å². The summed E-state index contributed by atoms with van der Waals surface area (Å²) in [6, 6.07) is 0. The van der Waals surface area contributed by atoms with E-state index in [1.807, 2.05) is 26.0 Å². The number of hydrogen-bond donors (Lipinski definition) is 2. The summed E-state index contributed by atoms with van der Waals surface area (Å²) in [5.74, 6) is 0.0432. The van der Waals surface area contributed by atoms with Crippen molar-refractivity contribution in [1.29, 1.82) is 0 Å². The zero-order valence-corrected chi connectivity index (χ0v) is 7.05. The van der Waals surface area contributed by atoms with Gasteiger partial charge in [-0.1, -0.05) is 0 Å². The molecule has 3 radical (unpaired) electrons. The van der Waals surface area contributed by atoms with Gasteiger partial charge in [-0.2, -0.15) is 0 Å². The molecule has 0 aliphatic heterocycles. The Kier molecular flexibility index (Phi) is 9.33. The van der Waals surface area contributed by atoms with Crippen LogP contribution in [0.1, 0.15) is 0 Å². The fourth-order valence-corrected chi connectivity index (χ4v) is 0. The van der Waals surface area contributed by atoms with Gasteiger partial charge in [-0.05, 0) is 21.1 Å². The van der Waals surface area contributed by atoms with Crippen LogP contribution in [-0.4, -0.2) is 42.4 Å². The Balaban J connectivity index is 0. The van der Waals surface area contributed by atoms with E-state index in [1.54, 1.807) is 0 Å². The minimum atomic E-state index is 0.0432. The molecule has 0 spiro atoms. The normalized spacial score (nSPS) is 7.67. The maximum absolute atomic E-state index is 4.77. The summed E-state index contributed by atoms with van der Waals surface area (Å²) >= 11 is 0. The molecule has 0 aromatic rings. The van der Waals surface area contributed by atoms with E-state index < -0.39 is 0 Å². The second-order valence-electron chi connectivity index (χ2n) is 1.88. The van der Waals surface area contributed by atoms with Crippen LogP contribution in [0.15, 0.2) is 4.66 Å². The highest BCUT2D eigenvalue weighted by Gasteiger charge is 1.61. The number of rotatable bonds is 0. The Hall–Kier alpha value is -0.553. The number of guanidine groups is 1. The lowest BCUT2D eigenvalue weighted by atomic mass is 11.0. The zero-order valence-electron chi connectivity index (χ0n) is 6.05. The van der Waals surface area contributed by atoms with Gasteiger partial charge in [0.05, 0.1) is 0 Å². The van der Waals surface area contributed by atoms with Crippen molar-refractivity contribution < 1.29 is 0 Å². The van der Waals surface area contributed by atoms with E-state index in [2.05, 4.69) is 15.1 Å². The smallest absolute Gasteiger partial charge is 0.226 e. The minimum Gasteiger partial charge on any atom is -0.371 e. The molecule has 0 fully saturated rings. The van der Waals surface area contributed by atoms with Crippen LogP contribution < -0.4 is 11.5 Å². The van der Waals surface area contributed by atoms with E-state index in [4.69, 9.17) is 11.5 Å². The first kappa shape index (κ1) is 11.3. The van der Waals surface area contributed by atoms with E-state index in [0.29, 0.717) is 0 Å². The maximum Gasteiger partial charge on any atom is 0.226 e. The lowest BCUT2D eigenvalue weighted by Crippen LogP contribution is -2.22. The molecule has 0 bridgehead atoms. The van der Waals surface area contributed by atoms with Crippen molar-refractivity contribution >= 4 is 16.4 Å². The first-order valence-electron chi connectivity index (χ1n) is 2.37. The summed E-state index contributed by atoms with van der Waals surface area (Å²) < 4.78 is 3.17. The molecule has 4 nitrogen and oxygen atoms in total. The predicted octanol–water partition coefficient (Wildman–Crippen LogP) is -1.48. The third-order valence-electron chi connectivity index (χ3n) is 0.129. The second-order valence-corrected chi connectivity index (χ2v) is 2.10. The van der Waals surface area contributed by atoms with Gasteiger partial charge in [0.15, 0.2) is 5.96 Å². The van der Waals surface area contributed by atoms with E-state index in [0.717, 1.165) is 0 Å². The van der Waals surface area contributed by atoms with Gasteiger partial charge >= 0.3 is 0 Å². The third kappa shape index (κ3) is 106. The number of nitrogens with zero attached hydrogens (tertiary/aromatic N) is 2. The van der Waals surface area contributed by atoms with Gasteiger partial charge in [0.2, 0.25) is 10.4 Å². The molecule has 0 unspecified atom stereocenters. The predicted molar refractivity (Wildman–Crippen MR) is 41.2 cm³/mol. The number of nitrogens with two attached hydrogens (primary N) is 2. The van der Waals surface area contributed by atoms with Crippen LogP contribution in [0.5, 0.6) is 0 Å². The fraction of sp³-hybridized carbons (Fsp3) is 0.750. The summed E-state index contributed by atoms with van der Waals surface area (Å²) in [5.41, 5.74) is 9.54. The summed E-state index contributed by atoms with van der Waals surface area (Å²) in [7, 11) is 8.69. The summed E-state index contributed by atoms with van der Waals surface area (Å²) in [6.45, 7) is 0. The highest BCUT2D eigenvalue weighted by molar-refractivity contribution is 6.11. The monoisotopic (exact) mass is 145 g/mol. The summed E-state index contributed by atoms with van der Waals surface area (Å²) in [6.07, 6.45) is 0. The quantitative estimate of drug-likeness (QED) is 0.248. The Labute approximate surface area is 59.4 Å². The van der Waals surface area contributed by atoms with Gasteiger partial charge in [0, 0.05) is 0 Å². The SMILES string of the molecule is CN(C)C.NC(N)=N[Si]. The molecule has 4 N–H and O–H groups in total. The first-order valence-corrected chi connectivity index (χ1v) is 2.81. The molecule has 0 saturated carbocycles. The molecular weight excluding hydrogens is 132 g/mol. The lowest BCUT2D eigenvalue weighted by Gasteiger charge is -1.90. The molecule has 0 heterocycles. The molecule has 0 aromatic carbocycles. The van der Waals surface area contributed by atoms with Crippen molar-refractivity contribution in [2.45, 2.75) is 0 Å². The van der Waals surface area contributed by atoms with Crippen LogP contribution in [0.25, 0.3) is 0 Å². The molecule has 53 valence electrons. The average molecular weight is 145 g/mol. The van der Waals surface area contributed by atoms with Gasteiger partial charge in [-0.25, -0.2) is 0 Å². The fourth-order valence-electron chi connectivity index (χ4n) is 0. The van der Waals surface area contributed by atoms with Crippen molar-refractivity contribution in [1.82, 2.24) is 4.90 Å². The van der Waals surface area contributed by atoms with Gasteiger partial charge in [0.25, 0.3) is 0 Å². The van der Waals surface area contributed by atoms with Crippen LogP contribution >= 0.6 is 0 Å². The van der Waals surface area contributed by atoms with Crippen LogP contribution in [0.3, 0.4) is 0 Å². The third-order valence-corrected chi connectivity index (χ3v) is 0.387. The van der Waals surface area contributed by atoms with Gasteiger partial charge in [-0.3, -0.25) is 4.66 Å². The van der Waals surface area contributed by atoms with E-state index in [1.165, 1.54) is 0 Å². The Morgan fingerprint density at radius 2 is 1.44 bits per heavy atom. The van der Waals surface area contributed by atoms with Crippen LogP contribution in [0, 0.1) is 0 Å². The Morgan fingerprint density at radius 3 is 1.44 bits per heavy atom. The van der Waals surface area contributed by atoms with Crippen LogP contribution in [-0.2, 0) is 0 Å². The van der Waals surface area contributed by atoms with Crippen molar-refractivity contribution in [3.8, 4) is 0 Å². The molecule has 0 saturated heterocycles. The van der Waals surface area contributed by atoms with E-state index >= 15 is 0 Å². The zero-order chi connectivity index (χ0) is 7.86.